The van der Waals surface area contributed by atoms with Crippen LogP contribution in [-0.2, 0) is 11.3 Å². The third-order valence-electron chi connectivity index (χ3n) is 4.62. The standard InChI is InChI=1S/C18H12ClFIN5O/c19-11-4-5-12(20)15-16(11)26-9-22-24-18(26)23-17(15)25-6-7-27-8-10-13(21)2-1-3-14(10)25/h1-5,9H,6-8H2. The highest BCUT2D eigenvalue weighted by atomic mass is 127. The zero-order chi connectivity index (χ0) is 18.5. The number of halogens is 3. The van der Waals surface area contributed by atoms with Gasteiger partial charge in [-0.05, 0) is 46.9 Å². The van der Waals surface area contributed by atoms with E-state index in [2.05, 4.69) is 37.8 Å². The number of benzene rings is 2. The van der Waals surface area contributed by atoms with Crippen molar-refractivity contribution in [3.8, 4) is 0 Å². The predicted octanol–water partition coefficient (Wildman–Crippen LogP) is 4.34. The highest BCUT2D eigenvalue weighted by molar-refractivity contribution is 14.1. The summed E-state index contributed by atoms with van der Waals surface area (Å²) in [5.41, 5.74) is 2.49. The van der Waals surface area contributed by atoms with Crippen LogP contribution in [0.25, 0.3) is 16.7 Å². The van der Waals surface area contributed by atoms with Crippen molar-refractivity contribution < 1.29 is 9.13 Å². The van der Waals surface area contributed by atoms with Crippen LogP contribution in [0.2, 0.25) is 5.02 Å². The van der Waals surface area contributed by atoms with E-state index in [9.17, 15) is 4.39 Å². The molecule has 0 atom stereocenters. The highest BCUT2D eigenvalue weighted by Crippen LogP contribution is 2.38. The topological polar surface area (TPSA) is 55.5 Å². The van der Waals surface area contributed by atoms with Gasteiger partial charge in [-0.15, -0.1) is 10.2 Å². The molecule has 3 heterocycles. The van der Waals surface area contributed by atoms with Crippen LogP contribution in [0, 0.1) is 9.39 Å². The summed E-state index contributed by atoms with van der Waals surface area (Å²) in [5.74, 6) is 0.423. The van der Waals surface area contributed by atoms with Crippen LogP contribution < -0.4 is 4.90 Å². The summed E-state index contributed by atoms with van der Waals surface area (Å²) >= 11 is 8.70. The normalized spacial score (nSPS) is 14.6. The molecule has 0 bridgehead atoms. The Morgan fingerprint density at radius 1 is 1.22 bits per heavy atom. The second kappa shape index (κ2) is 6.54. The van der Waals surface area contributed by atoms with Gasteiger partial charge in [0.15, 0.2) is 0 Å². The number of nitrogens with zero attached hydrogens (tertiary/aromatic N) is 5. The maximum Gasteiger partial charge on any atom is 0.257 e. The maximum absolute atomic E-state index is 15.0. The van der Waals surface area contributed by atoms with Crippen molar-refractivity contribution in [2.24, 2.45) is 0 Å². The Kier molecular flexibility index (Phi) is 4.14. The number of ether oxygens (including phenoxy) is 1. The molecule has 0 radical (unpaired) electrons. The van der Waals surface area contributed by atoms with Gasteiger partial charge >= 0.3 is 0 Å². The van der Waals surface area contributed by atoms with E-state index >= 15 is 0 Å². The second-order valence-electron chi connectivity index (χ2n) is 6.13. The minimum atomic E-state index is -0.398. The van der Waals surface area contributed by atoms with Crippen molar-refractivity contribution in [1.82, 2.24) is 19.6 Å². The van der Waals surface area contributed by atoms with E-state index in [1.165, 1.54) is 18.5 Å². The molecule has 0 unspecified atom stereocenters. The Morgan fingerprint density at radius 2 is 2.11 bits per heavy atom. The number of fused-ring (bicyclic) bond motifs is 4. The molecule has 0 fully saturated rings. The summed E-state index contributed by atoms with van der Waals surface area (Å²) in [4.78, 5) is 6.59. The molecule has 2 aromatic carbocycles. The SMILES string of the molecule is Fc1ccc(Cl)c2c1c(N1CCOCc3c(I)cccc31)nc1nncn12. The maximum atomic E-state index is 15.0. The lowest BCUT2D eigenvalue weighted by Gasteiger charge is -2.25. The molecule has 136 valence electrons. The first-order chi connectivity index (χ1) is 13.1. The van der Waals surface area contributed by atoms with Crippen LogP contribution in [0.3, 0.4) is 0 Å². The second-order valence-corrected chi connectivity index (χ2v) is 7.70. The van der Waals surface area contributed by atoms with E-state index < -0.39 is 5.82 Å². The van der Waals surface area contributed by atoms with E-state index in [4.69, 9.17) is 16.3 Å². The van der Waals surface area contributed by atoms with Crippen LogP contribution in [0.1, 0.15) is 5.56 Å². The Morgan fingerprint density at radius 3 is 3.00 bits per heavy atom. The van der Waals surface area contributed by atoms with Gasteiger partial charge < -0.3 is 9.64 Å². The Hall–Kier alpha value is -2.04. The molecule has 0 aliphatic carbocycles. The lowest BCUT2D eigenvalue weighted by molar-refractivity contribution is 0.132. The number of hydrogen-bond donors (Lipinski definition) is 0. The summed E-state index contributed by atoms with van der Waals surface area (Å²) in [6.45, 7) is 1.53. The van der Waals surface area contributed by atoms with Crippen LogP contribution in [0.15, 0.2) is 36.7 Å². The minimum absolute atomic E-state index is 0.335. The third-order valence-corrected chi connectivity index (χ3v) is 5.94. The van der Waals surface area contributed by atoms with Gasteiger partial charge in [-0.25, -0.2) is 4.39 Å². The van der Waals surface area contributed by atoms with Crippen molar-refractivity contribution in [2.75, 3.05) is 18.1 Å². The van der Waals surface area contributed by atoms with E-state index in [0.29, 0.717) is 47.3 Å². The lowest BCUT2D eigenvalue weighted by atomic mass is 10.1. The first-order valence-electron chi connectivity index (χ1n) is 8.25. The largest absolute Gasteiger partial charge is 0.375 e. The number of aromatic nitrogens is 4. The molecule has 5 rings (SSSR count). The van der Waals surface area contributed by atoms with Crippen molar-refractivity contribution >= 4 is 62.4 Å². The Bertz CT molecular complexity index is 1200. The summed E-state index contributed by atoms with van der Waals surface area (Å²) in [6.07, 6.45) is 1.49. The first-order valence-corrected chi connectivity index (χ1v) is 9.71. The smallest absolute Gasteiger partial charge is 0.257 e. The molecule has 2 aromatic heterocycles. The molecule has 0 saturated carbocycles. The van der Waals surface area contributed by atoms with Gasteiger partial charge in [-0.3, -0.25) is 4.40 Å². The molecule has 0 N–H and O–H groups in total. The summed E-state index contributed by atoms with van der Waals surface area (Å²) in [5, 5.41) is 8.71. The Balaban J connectivity index is 1.88. The fourth-order valence-electron chi connectivity index (χ4n) is 3.41. The highest BCUT2D eigenvalue weighted by Gasteiger charge is 2.25. The van der Waals surface area contributed by atoms with Crippen molar-refractivity contribution in [3.63, 3.8) is 0 Å². The molecular formula is C18H12ClFIN5O. The lowest BCUT2D eigenvalue weighted by Crippen LogP contribution is -2.23. The zero-order valence-electron chi connectivity index (χ0n) is 13.9. The molecule has 0 amide bonds. The van der Waals surface area contributed by atoms with Gasteiger partial charge in [0.25, 0.3) is 5.78 Å². The van der Waals surface area contributed by atoms with Crippen LogP contribution in [-0.4, -0.2) is 32.7 Å². The van der Waals surface area contributed by atoms with Crippen molar-refractivity contribution in [3.05, 3.63) is 56.6 Å². The Labute approximate surface area is 172 Å². The predicted molar refractivity (Wildman–Crippen MR) is 109 cm³/mol. The molecule has 4 aromatic rings. The van der Waals surface area contributed by atoms with Crippen molar-refractivity contribution in [1.29, 1.82) is 0 Å². The average molecular weight is 496 g/mol. The van der Waals surface area contributed by atoms with Gasteiger partial charge in [-0.2, -0.15) is 4.98 Å². The van der Waals surface area contributed by atoms with E-state index in [0.717, 1.165) is 14.8 Å². The third kappa shape index (κ3) is 2.66. The number of rotatable bonds is 1. The van der Waals surface area contributed by atoms with Crippen LogP contribution >= 0.6 is 34.2 Å². The summed E-state index contributed by atoms with van der Waals surface area (Å²) in [7, 11) is 0. The fraction of sp³-hybridized carbons (Fsp3) is 0.167. The molecule has 1 aliphatic heterocycles. The summed E-state index contributed by atoms with van der Waals surface area (Å²) < 4.78 is 23.4. The summed E-state index contributed by atoms with van der Waals surface area (Å²) in [6, 6.07) is 8.88. The van der Waals surface area contributed by atoms with E-state index in [-0.39, 0.29) is 0 Å². The fourth-order valence-corrected chi connectivity index (χ4v) is 4.30. The molecule has 0 spiro atoms. The zero-order valence-corrected chi connectivity index (χ0v) is 16.8. The first kappa shape index (κ1) is 17.1. The monoisotopic (exact) mass is 495 g/mol. The van der Waals surface area contributed by atoms with Crippen LogP contribution in [0.4, 0.5) is 15.9 Å². The molecule has 27 heavy (non-hydrogen) atoms. The molecule has 6 nitrogen and oxygen atoms in total. The number of hydrogen-bond acceptors (Lipinski definition) is 5. The quantitative estimate of drug-likeness (QED) is 0.368. The molecule has 0 saturated heterocycles. The average Bonchev–Trinajstić information content (AvgIpc) is 3.02. The number of anilines is 2. The minimum Gasteiger partial charge on any atom is -0.375 e. The molecule has 9 heteroatoms. The van der Waals surface area contributed by atoms with Crippen LogP contribution in [0.5, 0.6) is 0 Å². The van der Waals surface area contributed by atoms with Gasteiger partial charge in [0, 0.05) is 21.4 Å². The molecular weight excluding hydrogens is 484 g/mol. The van der Waals surface area contributed by atoms with Crippen molar-refractivity contribution in [2.45, 2.75) is 6.61 Å². The van der Waals surface area contributed by atoms with Gasteiger partial charge in [0.1, 0.15) is 18.0 Å². The van der Waals surface area contributed by atoms with Gasteiger partial charge in [0.2, 0.25) is 0 Å². The van der Waals surface area contributed by atoms with Gasteiger partial charge in [-0.1, -0.05) is 17.7 Å². The van der Waals surface area contributed by atoms with Gasteiger partial charge in [0.05, 0.1) is 29.1 Å². The molecule has 1 aliphatic rings. The van der Waals surface area contributed by atoms with E-state index in [1.807, 2.05) is 23.1 Å². The van der Waals surface area contributed by atoms with E-state index in [1.54, 1.807) is 4.40 Å².